The largest absolute Gasteiger partial charge is 0.328 e. The summed E-state index contributed by atoms with van der Waals surface area (Å²) < 4.78 is 2.27. The quantitative estimate of drug-likeness (QED) is 0.752. The summed E-state index contributed by atoms with van der Waals surface area (Å²) in [5.74, 6) is -0.0787. The SMILES string of the molecule is CN(CC#N)C(=O)c1cc2sccc2s1. The third-order valence-corrected chi connectivity index (χ3v) is 4.09. The van der Waals surface area contributed by atoms with Gasteiger partial charge < -0.3 is 4.90 Å². The second kappa shape index (κ2) is 4.01. The Hall–Kier alpha value is -1.38. The van der Waals surface area contributed by atoms with E-state index in [4.69, 9.17) is 5.26 Å². The number of rotatable bonds is 2. The van der Waals surface area contributed by atoms with Crippen molar-refractivity contribution < 1.29 is 4.79 Å². The van der Waals surface area contributed by atoms with Gasteiger partial charge >= 0.3 is 0 Å². The van der Waals surface area contributed by atoms with Crippen molar-refractivity contribution in [2.24, 2.45) is 0 Å². The fraction of sp³-hybridized carbons (Fsp3) is 0.200. The molecule has 0 saturated carbocycles. The van der Waals surface area contributed by atoms with E-state index in [0.717, 1.165) is 9.40 Å². The van der Waals surface area contributed by atoms with Crippen molar-refractivity contribution in [3.05, 3.63) is 22.4 Å². The van der Waals surface area contributed by atoms with Gasteiger partial charge in [0.2, 0.25) is 0 Å². The number of thiophene rings is 2. The van der Waals surface area contributed by atoms with E-state index in [-0.39, 0.29) is 12.5 Å². The van der Waals surface area contributed by atoms with Crippen LogP contribution in [0.2, 0.25) is 0 Å². The molecular weight excluding hydrogens is 228 g/mol. The average molecular weight is 236 g/mol. The first kappa shape index (κ1) is 10.1. The Morgan fingerprint density at radius 2 is 2.40 bits per heavy atom. The van der Waals surface area contributed by atoms with Crippen molar-refractivity contribution >= 4 is 38.0 Å². The molecule has 0 saturated heterocycles. The first-order chi connectivity index (χ1) is 7.22. The maximum absolute atomic E-state index is 11.8. The molecule has 76 valence electrons. The first-order valence-electron chi connectivity index (χ1n) is 4.32. The molecule has 0 atom stereocenters. The lowest BCUT2D eigenvalue weighted by Crippen LogP contribution is -2.26. The van der Waals surface area contributed by atoms with Gasteiger partial charge in [-0.05, 0) is 17.5 Å². The Morgan fingerprint density at radius 3 is 3.07 bits per heavy atom. The molecule has 0 N–H and O–H groups in total. The second-order valence-corrected chi connectivity index (χ2v) is 5.11. The van der Waals surface area contributed by atoms with Gasteiger partial charge in [-0.2, -0.15) is 5.26 Å². The lowest BCUT2D eigenvalue weighted by molar-refractivity contribution is 0.0817. The molecule has 0 radical (unpaired) electrons. The highest BCUT2D eigenvalue weighted by Gasteiger charge is 2.14. The van der Waals surface area contributed by atoms with Crippen molar-refractivity contribution in [2.45, 2.75) is 0 Å². The molecule has 0 aliphatic heterocycles. The lowest BCUT2D eigenvalue weighted by Gasteiger charge is -2.10. The van der Waals surface area contributed by atoms with E-state index in [9.17, 15) is 4.79 Å². The predicted octanol–water partition coefficient (Wildman–Crippen LogP) is 2.56. The van der Waals surface area contributed by atoms with Crippen LogP contribution in [0.4, 0.5) is 0 Å². The Kier molecular flexibility index (Phi) is 2.71. The van der Waals surface area contributed by atoms with Crippen LogP contribution in [0, 0.1) is 11.3 Å². The Morgan fingerprint density at radius 1 is 1.60 bits per heavy atom. The highest BCUT2D eigenvalue weighted by Crippen LogP contribution is 2.30. The molecule has 0 aromatic carbocycles. The molecule has 0 aliphatic carbocycles. The van der Waals surface area contributed by atoms with Crippen LogP contribution in [0.5, 0.6) is 0 Å². The van der Waals surface area contributed by atoms with Crippen LogP contribution in [-0.4, -0.2) is 24.4 Å². The van der Waals surface area contributed by atoms with E-state index in [2.05, 4.69) is 0 Å². The summed E-state index contributed by atoms with van der Waals surface area (Å²) in [6.07, 6.45) is 0. The van der Waals surface area contributed by atoms with Gasteiger partial charge in [-0.1, -0.05) is 0 Å². The minimum atomic E-state index is -0.0787. The van der Waals surface area contributed by atoms with E-state index in [1.165, 1.54) is 16.2 Å². The summed E-state index contributed by atoms with van der Waals surface area (Å²) in [7, 11) is 1.64. The van der Waals surface area contributed by atoms with E-state index < -0.39 is 0 Å². The average Bonchev–Trinajstić information content (AvgIpc) is 2.75. The molecule has 0 unspecified atom stereocenters. The summed E-state index contributed by atoms with van der Waals surface area (Å²) in [6.45, 7) is 0.129. The lowest BCUT2D eigenvalue weighted by atomic mass is 10.4. The van der Waals surface area contributed by atoms with Crippen molar-refractivity contribution in [3.8, 4) is 6.07 Å². The molecule has 0 spiro atoms. The summed E-state index contributed by atoms with van der Waals surface area (Å²) in [4.78, 5) is 13.9. The summed E-state index contributed by atoms with van der Waals surface area (Å²) in [6, 6.07) is 5.85. The van der Waals surface area contributed by atoms with Crippen molar-refractivity contribution in [1.29, 1.82) is 5.26 Å². The smallest absolute Gasteiger partial charge is 0.264 e. The van der Waals surface area contributed by atoms with Crippen LogP contribution < -0.4 is 0 Å². The molecule has 3 nitrogen and oxygen atoms in total. The molecule has 2 aromatic heterocycles. The number of carbonyl (C=O) groups excluding carboxylic acids is 1. The number of nitriles is 1. The molecule has 1 amide bonds. The zero-order valence-corrected chi connectivity index (χ0v) is 9.69. The maximum Gasteiger partial charge on any atom is 0.264 e. The number of fused-ring (bicyclic) bond motifs is 1. The fourth-order valence-corrected chi connectivity index (χ4v) is 3.34. The molecule has 2 heterocycles. The molecule has 0 bridgehead atoms. The van der Waals surface area contributed by atoms with Crippen molar-refractivity contribution in [2.75, 3.05) is 13.6 Å². The van der Waals surface area contributed by atoms with E-state index in [1.54, 1.807) is 18.4 Å². The number of carbonyl (C=O) groups is 1. The minimum absolute atomic E-state index is 0.0787. The summed E-state index contributed by atoms with van der Waals surface area (Å²) in [5, 5.41) is 10.5. The zero-order chi connectivity index (χ0) is 10.8. The molecule has 2 aromatic rings. The van der Waals surface area contributed by atoms with Gasteiger partial charge in [-0.25, -0.2) is 0 Å². The summed E-state index contributed by atoms with van der Waals surface area (Å²) >= 11 is 3.10. The third-order valence-electron chi connectivity index (χ3n) is 2.00. The highest BCUT2D eigenvalue weighted by molar-refractivity contribution is 7.27. The van der Waals surface area contributed by atoms with Gasteiger partial charge in [0.25, 0.3) is 5.91 Å². The Balaban J connectivity index is 2.28. The van der Waals surface area contributed by atoms with Crippen LogP contribution in [0.3, 0.4) is 0 Å². The normalized spacial score (nSPS) is 10.1. The van der Waals surface area contributed by atoms with E-state index in [0.29, 0.717) is 4.88 Å². The van der Waals surface area contributed by atoms with E-state index >= 15 is 0 Å². The molecule has 2 rings (SSSR count). The highest BCUT2D eigenvalue weighted by atomic mass is 32.1. The van der Waals surface area contributed by atoms with Crippen LogP contribution in [0.1, 0.15) is 9.67 Å². The zero-order valence-electron chi connectivity index (χ0n) is 8.06. The number of hydrogen-bond donors (Lipinski definition) is 0. The van der Waals surface area contributed by atoms with Crippen molar-refractivity contribution in [1.82, 2.24) is 4.90 Å². The van der Waals surface area contributed by atoms with Gasteiger partial charge in [0.15, 0.2) is 0 Å². The van der Waals surface area contributed by atoms with Gasteiger partial charge in [0, 0.05) is 16.4 Å². The van der Waals surface area contributed by atoms with Crippen LogP contribution in [0.15, 0.2) is 17.5 Å². The number of nitrogens with zero attached hydrogens (tertiary/aromatic N) is 2. The monoisotopic (exact) mass is 236 g/mol. The molecular formula is C10H8N2OS2. The molecule has 0 aliphatic rings. The van der Waals surface area contributed by atoms with Crippen LogP contribution in [-0.2, 0) is 0 Å². The Labute approximate surface area is 95.2 Å². The third kappa shape index (κ3) is 1.87. The fourth-order valence-electron chi connectivity index (χ4n) is 1.24. The topological polar surface area (TPSA) is 44.1 Å². The number of amides is 1. The van der Waals surface area contributed by atoms with Crippen molar-refractivity contribution in [3.63, 3.8) is 0 Å². The van der Waals surface area contributed by atoms with E-state index in [1.807, 2.05) is 23.6 Å². The maximum atomic E-state index is 11.8. The van der Waals surface area contributed by atoms with Gasteiger partial charge in [-0.15, -0.1) is 22.7 Å². The molecule has 0 fully saturated rings. The van der Waals surface area contributed by atoms with Crippen LogP contribution >= 0.6 is 22.7 Å². The van der Waals surface area contributed by atoms with Gasteiger partial charge in [-0.3, -0.25) is 4.79 Å². The number of hydrogen-bond acceptors (Lipinski definition) is 4. The predicted molar refractivity (Wildman–Crippen MR) is 62.3 cm³/mol. The molecule has 5 heteroatoms. The standard InChI is InChI=1S/C10H8N2OS2/c1-12(4-3-11)10(13)9-6-8-7(15-9)2-5-14-8/h2,5-6H,4H2,1H3. The summed E-state index contributed by atoms with van der Waals surface area (Å²) in [5.41, 5.74) is 0. The second-order valence-electron chi connectivity index (χ2n) is 3.08. The first-order valence-corrected chi connectivity index (χ1v) is 6.01. The van der Waals surface area contributed by atoms with Gasteiger partial charge in [0.05, 0.1) is 10.9 Å². The Bertz CT molecular complexity index is 506. The minimum Gasteiger partial charge on any atom is -0.328 e. The van der Waals surface area contributed by atoms with Crippen LogP contribution in [0.25, 0.3) is 9.40 Å². The van der Waals surface area contributed by atoms with Gasteiger partial charge in [0.1, 0.15) is 6.54 Å². The molecule has 15 heavy (non-hydrogen) atoms.